The number of nitrogens with zero attached hydrogens (tertiary/aromatic N) is 2. The number of hydrogen-bond donors (Lipinski definition) is 1. The highest BCUT2D eigenvalue weighted by atomic mass is 35.5. The molecule has 1 N–H and O–H groups in total. The van der Waals surface area contributed by atoms with Gasteiger partial charge in [0.2, 0.25) is 5.91 Å². The van der Waals surface area contributed by atoms with Crippen LogP contribution in [0, 0.1) is 0 Å². The summed E-state index contributed by atoms with van der Waals surface area (Å²) in [5, 5.41) is 8.22. The summed E-state index contributed by atoms with van der Waals surface area (Å²) in [5.74, 6) is -0.157. The minimum absolute atomic E-state index is 0.157. The Morgan fingerprint density at radius 2 is 1.92 bits per heavy atom. The summed E-state index contributed by atoms with van der Waals surface area (Å²) in [4.78, 5) is 12.8. The monoisotopic (exact) mass is 359 g/mol. The van der Waals surface area contributed by atoms with Gasteiger partial charge < -0.3 is 5.32 Å². The van der Waals surface area contributed by atoms with E-state index < -0.39 is 6.04 Å². The Hall–Kier alpha value is -2.30. The number of halogens is 2. The van der Waals surface area contributed by atoms with E-state index in [0.717, 1.165) is 11.1 Å². The molecule has 0 bridgehead atoms. The van der Waals surface area contributed by atoms with E-state index in [4.69, 9.17) is 23.2 Å². The number of aromatic nitrogens is 2. The quantitative estimate of drug-likeness (QED) is 0.745. The van der Waals surface area contributed by atoms with E-state index in [9.17, 15) is 4.79 Å². The Balaban J connectivity index is 1.79. The minimum Gasteiger partial charge on any atom is -0.350 e. The number of benzene rings is 2. The molecular weight excluding hydrogens is 345 g/mol. The zero-order valence-corrected chi connectivity index (χ0v) is 14.2. The van der Waals surface area contributed by atoms with E-state index in [-0.39, 0.29) is 5.91 Å². The standard InChI is InChI=1S/C18H15Cl2N3O/c19-15-8-7-14(16(20)11-15)12-21-18(24)17(23-10-4-9-22-23)13-5-2-1-3-6-13/h1-11,17H,12H2,(H,21,24). The Morgan fingerprint density at radius 3 is 2.58 bits per heavy atom. The Bertz CT molecular complexity index is 820. The van der Waals surface area contributed by atoms with Crippen molar-refractivity contribution in [2.45, 2.75) is 12.6 Å². The SMILES string of the molecule is O=C(NCc1ccc(Cl)cc1Cl)C(c1ccccc1)n1cccn1. The number of nitrogens with one attached hydrogen (secondary N) is 1. The highest BCUT2D eigenvalue weighted by Crippen LogP contribution is 2.22. The number of hydrogen-bond acceptors (Lipinski definition) is 2. The van der Waals surface area contributed by atoms with Gasteiger partial charge in [0.15, 0.2) is 6.04 Å². The summed E-state index contributed by atoms with van der Waals surface area (Å²) in [6.45, 7) is 0.319. The van der Waals surface area contributed by atoms with Gasteiger partial charge in [-0.1, -0.05) is 59.6 Å². The van der Waals surface area contributed by atoms with E-state index in [1.54, 1.807) is 41.3 Å². The second kappa shape index (κ2) is 7.51. The fourth-order valence-corrected chi connectivity index (χ4v) is 2.91. The van der Waals surface area contributed by atoms with E-state index in [0.29, 0.717) is 16.6 Å². The molecule has 0 aliphatic carbocycles. The van der Waals surface area contributed by atoms with Crippen LogP contribution in [0.2, 0.25) is 10.0 Å². The highest BCUT2D eigenvalue weighted by molar-refractivity contribution is 6.35. The Labute approximate surface area is 150 Å². The van der Waals surface area contributed by atoms with Crippen LogP contribution in [0.4, 0.5) is 0 Å². The summed E-state index contributed by atoms with van der Waals surface area (Å²) in [5.41, 5.74) is 1.67. The van der Waals surface area contributed by atoms with Crippen LogP contribution in [0.25, 0.3) is 0 Å². The van der Waals surface area contributed by atoms with Crippen molar-refractivity contribution >= 4 is 29.1 Å². The first kappa shape index (κ1) is 16.6. The van der Waals surface area contributed by atoms with Crippen molar-refractivity contribution < 1.29 is 4.79 Å². The highest BCUT2D eigenvalue weighted by Gasteiger charge is 2.22. The van der Waals surface area contributed by atoms with Gasteiger partial charge in [-0.15, -0.1) is 0 Å². The molecular formula is C18H15Cl2N3O. The van der Waals surface area contributed by atoms with Crippen LogP contribution in [-0.2, 0) is 11.3 Å². The van der Waals surface area contributed by atoms with Gasteiger partial charge in [-0.25, -0.2) is 0 Å². The molecule has 0 saturated heterocycles. The summed E-state index contributed by atoms with van der Waals surface area (Å²) >= 11 is 12.1. The Morgan fingerprint density at radius 1 is 1.12 bits per heavy atom. The molecule has 0 aliphatic rings. The summed E-state index contributed by atoms with van der Waals surface area (Å²) in [6.07, 6.45) is 3.42. The van der Waals surface area contributed by atoms with E-state index in [1.165, 1.54) is 0 Å². The molecule has 1 heterocycles. The van der Waals surface area contributed by atoms with Crippen LogP contribution in [0.15, 0.2) is 67.0 Å². The van der Waals surface area contributed by atoms with Crippen molar-refractivity contribution in [3.05, 3.63) is 88.2 Å². The van der Waals surface area contributed by atoms with Gasteiger partial charge in [0, 0.05) is 29.0 Å². The summed E-state index contributed by atoms with van der Waals surface area (Å²) in [7, 11) is 0. The number of carbonyl (C=O) groups excluding carboxylic acids is 1. The van der Waals surface area contributed by atoms with Gasteiger partial charge >= 0.3 is 0 Å². The van der Waals surface area contributed by atoms with E-state index in [1.807, 2.05) is 30.3 Å². The largest absolute Gasteiger partial charge is 0.350 e. The smallest absolute Gasteiger partial charge is 0.249 e. The lowest BCUT2D eigenvalue weighted by Gasteiger charge is -2.18. The predicted molar refractivity (Wildman–Crippen MR) is 95.1 cm³/mol. The molecule has 1 aromatic heterocycles. The molecule has 4 nitrogen and oxygen atoms in total. The summed E-state index contributed by atoms with van der Waals surface area (Å²) < 4.78 is 1.63. The zero-order chi connectivity index (χ0) is 16.9. The van der Waals surface area contributed by atoms with Gasteiger partial charge in [-0.3, -0.25) is 9.48 Å². The molecule has 3 rings (SSSR count). The second-order valence-corrected chi connectivity index (χ2v) is 6.10. The van der Waals surface area contributed by atoms with Crippen LogP contribution < -0.4 is 5.32 Å². The third kappa shape index (κ3) is 3.78. The molecule has 6 heteroatoms. The molecule has 122 valence electrons. The average Bonchev–Trinajstić information content (AvgIpc) is 3.09. The van der Waals surface area contributed by atoms with Crippen molar-refractivity contribution in [2.24, 2.45) is 0 Å². The van der Waals surface area contributed by atoms with Crippen LogP contribution >= 0.6 is 23.2 Å². The normalized spacial score (nSPS) is 11.9. The molecule has 0 fully saturated rings. The lowest BCUT2D eigenvalue weighted by molar-refractivity contribution is -0.123. The first-order valence-electron chi connectivity index (χ1n) is 7.41. The lowest BCUT2D eigenvalue weighted by Crippen LogP contribution is -2.33. The van der Waals surface area contributed by atoms with Crippen LogP contribution in [-0.4, -0.2) is 15.7 Å². The first-order valence-corrected chi connectivity index (χ1v) is 8.16. The van der Waals surface area contributed by atoms with E-state index >= 15 is 0 Å². The number of carbonyl (C=O) groups is 1. The van der Waals surface area contributed by atoms with Crippen molar-refractivity contribution in [3.63, 3.8) is 0 Å². The predicted octanol–water partition coefficient (Wildman–Crippen LogP) is 4.10. The molecule has 0 saturated carbocycles. The maximum absolute atomic E-state index is 12.8. The fourth-order valence-electron chi connectivity index (χ4n) is 2.44. The van der Waals surface area contributed by atoms with Crippen LogP contribution in [0.3, 0.4) is 0 Å². The maximum Gasteiger partial charge on any atom is 0.249 e. The first-order chi connectivity index (χ1) is 11.6. The number of rotatable bonds is 5. The van der Waals surface area contributed by atoms with Gasteiger partial charge in [0.25, 0.3) is 0 Å². The maximum atomic E-state index is 12.8. The van der Waals surface area contributed by atoms with Crippen molar-refractivity contribution in [1.82, 2.24) is 15.1 Å². The molecule has 0 aliphatic heterocycles. The number of amides is 1. The Kier molecular flexibility index (Phi) is 5.18. The van der Waals surface area contributed by atoms with Crippen LogP contribution in [0.1, 0.15) is 17.2 Å². The molecule has 3 aromatic rings. The van der Waals surface area contributed by atoms with Crippen LogP contribution in [0.5, 0.6) is 0 Å². The summed E-state index contributed by atoms with van der Waals surface area (Å²) in [6, 6.07) is 16.0. The van der Waals surface area contributed by atoms with Gasteiger partial charge in [0.05, 0.1) is 0 Å². The van der Waals surface area contributed by atoms with Gasteiger partial charge in [-0.2, -0.15) is 5.10 Å². The second-order valence-electron chi connectivity index (χ2n) is 5.25. The third-order valence-electron chi connectivity index (χ3n) is 3.62. The fraction of sp³-hybridized carbons (Fsp3) is 0.111. The van der Waals surface area contributed by atoms with Crippen molar-refractivity contribution in [2.75, 3.05) is 0 Å². The van der Waals surface area contributed by atoms with Gasteiger partial charge in [0.1, 0.15) is 0 Å². The lowest BCUT2D eigenvalue weighted by atomic mass is 10.1. The minimum atomic E-state index is -0.535. The van der Waals surface area contributed by atoms with Gasteiger partial charge in [-0.05, 0) is 29.3 Å². The molecule has 2 aromatic carbocycles. The molecule has 1 amide bonds. The molecule has 0 spiro atoms. The van der Waals surface area contributed by atoms with Crippen molar-refractivity contribution in [1.29, 1.82) is 0 Å². The van der Waals surface area contributed by atoms with E-state index in [2.05, 4.69) is 10.4 Å². The third-order valence-corrected chi connectivity index (χ3v) is 4.21. The molecule has 1 atom stereocenters. The van der Waals surface area contributed by atoms with Crippen molar-refractivity contribution in [3.8, 4) is 0 Å². The topological polar surface area (TPSA) is 46.9 Å². The zero-order valence-electron chi connectivity index (χ0n) is 12.7. The molecule has 0 radical (unpaired) electrons. The molecule has 1 unspecified atom stereocenters. The average molecular weight is 360 g/mol. The molecule has 24 heavy (non-hydrogen) atoms.